The number of nitrogens with zero attached hydrogens (tertiary/aromatic N) is 1. The van der Waals surface area contributed by atoms with Crippen LogP contribution in [0.4, 0.5) is 0 Å². The van der Waals surface area contributed by atoms with Crippen LogP contribution in [0.3, 0.4) is 0 Å². The standard InChI is InChI=1S/C11H19NO4/c1-8(2)16-10(13)7-12-6-4-5-9(12)11(14)15-3/h8-9H,4-7H2,1-3H3. The monoisotopic (exact) mass is 229 g/mol. The van der Waals surface area contributed by atoms with Crippen molar-refractivity contribution >= 4 is 11.9 Å². The van der Waals surface area contributed by atoms with E-state index < -0.39 is 0 Å². The zero-order valence-corrected chi connectivity index (χ0v) is 10.1. The zero-order valence-electron chi connectivity index (χ0n) is 10.1. The van der Waals surface area contributed by atoms with Gasteiger partial charge in [0.15, 0.2) is 0 Å². The lowest BCUT2D eigenvalue weighted by molar-refractivity contribution is -0.152. The van der Waals surface area contributed by atoms with E-state index in [0.29, 0.717) is 0 Å². The first-order valence-electron chi connectivity index (χ1n) is 5.56. The van der Waals surface area contributed by atoms with E-state index >= 15 is 0 Å². The summed E-state index contributed by atoms with van der Waals surface area (Å²) in [5, 5.41) is 0. The highest BCUT2D eigenvalue weighted by molar-refractivity contribution is 5.78. The van der Waals surface area contributed by atoms with Crippen LogP contribution >= 0.6 is 0 Å². The Morgan fingerprint density at radius 3 is 2.69 bits per heavy atom. The van der Waals surface area contributed by atoms with E-state index in [0.717, 1.165) is 19.4 Å². The largest absolute Gasteiger partial charge is 0.468 e. The van der Waals surface area contributed by atoms with Gasteiger partial charge in [-0.15, -0.1) is 0 Å². The van der Waals surface area contributed by atoms with E-state index in [9.17, 15) is 9.59 Å². The predicted molar refractivity (Wildman–Crippen MR) is 57.8 cm³/mol. The fourth-order valence-corrected chi connectivity index (χ4v) is 1.88. The van der Waals surface area contributed by atoms with Gasteiger partial charge in [-0.25, -0.2) is 0 Å². The number of carbonyl (C=O) groups excluding carboxylic acids is 2. The van der Waals surface area contributed by atoms with Crippen molar-refractivity contribution in [1.29, 1.82) is 0 Å². The highest BCUT2D eigenvalue weighted by atomic mass is 16.5. The van der Waals surface area contributed by atoms with E-state index in [-0.39, 0.29) is 30.6 Å². The van der Waals surface area contributed by atoms with E-state index in [1.54, 1.807) is 13.8 Å². The van der Waals surface area contributed by atoms with Gasteiger partial charge in [-0.1, -0.05) is 0 Å². The Kier molecular flexibility index (Phi) is 4.73. The average Bonchev–Trinajstić information content (AvgIpc) is 2.63. The normalized spacial score (nSPS) is 21.1. The molecule has 0 aliphatic carbocycles. The SMILES string of the molecule is COC(=O)C1CCCN1CC(=O)OC(C)C. The fourth-order valence-electron chi connectivity index (χ4n) is 1.88. The van der Waals surface area contributed by atoms with Crippen LogP contribution < -0.4 is 0 Å². The van der Waals surface area contributed by atoms with Crippen molar-refractivity contribution < 1.29 is 19.1 Å². The number of methoxy groups -OCH3 is 1. The number of hydrogen-bond donors (Lipinski definition) is 0. The Bertz CT molecular complexity index is 265. The maximum Gasteiger partial charge on any atom is 0.323 e. The molecule has 1 saturated heterocycles. The summed E-state index contributed by atoms with van der Waals surface area (Å²) in [5.41, 5.74) is 0. The summed E-state index contributed by atoms with van der Waals surface area (Å²) in [5.74, 6) is -0.555. The van der Waals surface area contributed by atoms with Gasteiger partial charge in [0.25, 0.3) is 0 Å². The van der Waals surface area contributed by atoms with Crippen molar-refractivity contribution in [1.82, 2.24) is 4.90 Å². The molecule has 0 aromatic carbocycles. The summed E-state index contributed by atoms with van der Waals surface area (Å²) in [6.07, 6.45) is 1.54. The molecule has 1 fully saturated rings. The summed E-state index contributed by atoms with van der Waals surface area (Å²) in [6.45, 7) is 4.52. The first kappa shape index (κ1) is 13.0. The fraction of sp³-hybridized carbons (Fsp3) is 0.818. The maximum absolute atomic E-state index is 11.4. The Morgan fingerprint density at radius 1 is 1.44 bits per heavy atom. The lowest BCUT2D eigenvalue weighted by Crippen LogP contribution is -2.40. The number of ether oxygens (including phenoxy) is 2. The lowest BCUT2D eigenvalue weighted by atomic mass is 10.2. The molecule has 0 spiro atoms. The zero-order chi connectivity index (χ0) is 12.1. The van der Waals surface area contributed by atoms with Crippen LogP contribution in [0.1, 0.15) is 26.7 Å². The molecule has 1 heterocycles. The van der Waals surface area contributed by atoms with Crippen molar-refractivity contribution in [2.45, 2.75) is 38.8 Å². The molecule has 0 amide bonds. The van der Waals surface area contributed by atoms with Crippen molar-refractivity contribution in [2.24, 2.45) is 0 Å². The quantitative estimate of drug-likeness (QED) is 0.660. The van der Waals surface area contributed by atoms with Crippen LogP contribution in [0, 0.1) is 0 Å². The van der Waals surface area contributed by atoms with Gasteiger partial charge in [0, 0.05) is 0 Å². The Hall–Kier alpha value is -1.10. The third-order valence-corrected chi connectivity index (χ3v) is 2.54. The minimum Gasteiger partial charge on any atom is -0.468 e. The molecule has 0 radical (unpaired) electrons. The van der Waals surface area contributed by atoms with Gasteiger partial charge in [-0.3, -0.25) is 14.5 Å². The minimum atomic E-state index is -0.287. The van der Waals surface area contributed by atoms with Crippen molar-refractivity contribution in [2.75, 3.05) is 20.2 Å². The smallest absolute Gasteiger partial charge is 0.323 e. The van der Waals surface area contributed by atoms with Crippen molar-refractivity contribution in [3.8, 4) is 0 Å². The molecule has 0 bridgehead atoms. The third kappa shape index (κ3) is 3.48. The first-order chi connectivity index (χ1) is 7.54. The van der Waals surface area contributed by atoms with Gasteiger partial charge in [-0.05, 0) is 33.2 Å². The van der Waals surface area contributed by atoms with E-state index in [1.165, 1.54) is 7.11 Å². The average molecular weight is 229 g/mol. The molecule has 0 aromatic rings. The van der Waals surface area contributed by atoms with Crippen LogP contribution in [0.25, 0.3) is 0 Å². The van der Waals surface area contributed by atoms with E-state index in [4.69, 9.17) is 9.47 Å². The van der Waals surface area contributed by atoms with E-state index in [1.807, 2.05) is 4.90 Å². The molecule has 16 heavy (non-hydrogen) atoms. The van der Waals surface area contributed by atoms with Crippen LogP contribution in [0.15, 0.2) is 0 Å². The van der Waals surface area contributed by atoms with Crippen LogP contribution in [-0.4, -0.2) is 49.2 Å². The molecule has 1 atom stereocenters. The molecule has 1 aliphatic rings. The van der Waals surface area contributed by atoms with Gasteiger partial charge >= 0.3 is 11.9 Å². The molecule has 0 aromatic heterocycles. The minimum absolute atomic E-state index is 0.119. The third-order valence-electron chi connectivity index (χ3n) is 2.54. The summed E-state index contributed by atoms with van der Waals surface area (Å²) in [7, 11) is 1.37. The number of likely N-dealkylation sites (tertiary alicyclic amines) is 1. The van der Waals surface area contributed by atoms with Crippen LogP contribution in [0.5, 0.6) is 0 Å². The lowest BCUT2D eigenvalue weighted by Gasteiger charge is -2.21. The number of esters is 2. The molecule has 0 saturated carbocycles. The predicted octanol–water partition coefficient (Wildman–Crippen LogP) is 0.575. The molecule has 92 valence electrons. The van der Waals surface area contributed by atoms with Gasteiger partial charge < -0.3 is 9.47 Å². The van der Waals surface area contributed by atoms with Crippen LogP contribution in [-0.2, 0) is 19.1 Å². The molecule has 1 aliphatic heterocycles. The number of rotatable bonds is 4. The second kappa shape index (κ2) is 5.84. The highest BCUT2D eigenvalue weighted by Crippen LogP contribution is 2.18. The van der Waals surface area contributed by atoms with Crippen molar-refractivity contribution in [3.05, 3.63) is 0 Å². The second-order valence-corrected chi connectivity index (χ2v) is 4.19. The van der Waals surface area contributed by atoms with Gasteiger partial charge in [-0.2, -0.15) is 0 Å². The second-order valence-electron chi connectivity index (χ2n) is 4.19. The first-order valence-corrected chi connectivity index (χ1v) is 5.56. The van der Waals surface area contributed by atoms with Crippen LogP contribution in [0.2, 0.25) is 0 Å². The topological polar surface area (TPSA) is 55.8 Å². The summed E-state index contributed by atoms with van der Waals surface area (Å²) >= 11 is 0. The molecule has 1 unspecified atom stereocenters. The molecule has 0 N–H and O–H groups in total. The summed E-state index contributed by atoms with van der Waals surface area (Å²) in [6, 6.07) is -0.287. The summed E-state index contributed by atoms with van der Waals surface area (Å²) in [4.78, 5) is 24.7. The van der Waals surface area contributed by atoms with Gasteiger partial charge in [0.1, 0.15) is 6.04 Å². The molecule has 5 nitrogen and oxygen atoms in total. The number of hydrogen-bond acceptors (Lipinski definition) is 5. The van der Waals surface area contributed by atoms with E-state index in [2.05, 4.69) is 0 Å². The number of carbonyl (C=O) groups is 2. The van der Waals surface area contributed by atoms with Crippen molar-refractivity contribution in [3.63, 3.8) is 0 Å². The molecule has 1 rings (SSSR count). The Balaban J connectivity index is 2.46. The van der Waals surface area contributed by atoms with Gasteiger partial charge in [0.2, 0.25) is 0 Å². The van der Waals surface area contributed by atoms with Gasteiger partial charge in [0.05, 0.1) is 19.8 Å². The summed E-state index contributed by atoms with van der Waals surface area (Å²) < 4.78 is 9.74. The Labute approximate surface area is 95.7 Å². The molecular formula is C11H19NO4. The molecule has 5 heteroatoms. The Morgan fingerprint density at radius 2 is 2.12 bits per heavy atom. The molecular weight excluding hydrogens is 210 g/mol. The highest BCUT2D eigenvalue weighted by Gasteiger charge is 2.32. The maximum atomic E-state index is 11.4.